The molecule has 1 N–H and O–H groups in total. The van der Waals surface area contributed by atoms with E-state index in [2.05, 4.69) is 5.32 Å². The Balaban J connectivity index is 1.85. The second-order valence-electron chi connectivity index (χ2n) is 7.96. The number of aliphatic carboxylic acids is 1. The SMILES string of the molecule is CC(C)C[C@H](NC(=O)c1cc2cc(Cl)ccc2n1C)C(=O)N1CCC[C@H]1C(=O)[O-]. The third kappa shape index (κ3) is 4.40. The molecule has 0 aliphatic carbocycles. The number of carbonyl (C=O) groups excluding carboxylic acids is 3. The normalized spacial score (nSPS) is 17.7. The summed E-state index contributed by atoms with van der Waals surface area (Å²) in [7, 11) is 1.77. The number of hydrogen-bond acceptors (Lipinski definition) is 4. The number of aryl methyl sites for hydroxylation is 1. The molecule has 0 unspecified atom stereocenters. The van der Waals surface area contributed by atoms with Crippen molar-refractivity contribution in [1.29, 1.82) is 0 Å². The number of fused-ring (bicyclic) bond motifs is 1. The molecule has 1 aromatic heterocycles. The van der Waals surface area contributed by atoms with Crippen molar-refractivity contribution in [2.45, 2.75) is 45.2 Å². The van der Waals surface area contributed by atoms with E-state index in [1.54, 1.807) is 29.8 Å². The monoisotopic (exact) mass is 418 g/mol. The number of halogens is 1. The van der Waals surface area contributed by atoms with Gasteiger partial charge >= 0.3 is 0 Å². The molecule has 29 heavy (non-hydrogen) atoms. The lowest BCUT2D eigenvalue weighted by atomic mass is 10.0. The fourth-order valence-electron chi connectivity index (χ4n) is 3.94. The molecular weight excluding hydrogens is 394 g/mol. The van der Waals surface area contributed by atoms with Crippen molar-refractivity contribution < 1.29 is 19.5 Å². The lowest BCUT2D eigenvalue weighted by Crippen LogP contribution is -2.54. The summed E-state index contributed by atoms with van der Waals surface area (Å²) in [6.45, 7) is 4.26. The molecule has 1 aromatic carbocycles. The average Bonchev–Trinajstić information content (AvgIpc) is 3.25. The molecule has 2 atom stereocenters. The predicted octanol–water partition coefficient (Wildman–Crippen LogP) is 1.72. The second-order valence-corrected chi connectivity index (χ2v) is 8.39. The fourth-order valence-corrected chi connectivity index (χ4v) is 4.12. The number of carboxylic acid groups (broad SMARTS) is 1. The molecule has 1 saturated heterocycles. The van der Waals surface area contributed by atoms with Gasteiger partial charge in [0.05, 0.1) is 12.0 Å². The number of benzene rings is 1. The molecule has 2 amide bonds. The predicted molar refractivity (Wildman–Crippen MR) is 108 cm³/mol. The zero-order chi connectivity index (χ0) is 21.3. The van der Waals surface area contributed by atoms with Crippen LogP contribution in [-0.4, -0.2) is 45.9 Å². The molecule has 1 aliphatic rings. The smallest absolute Gasteiger partial charge is 0.268 e. The van der Waals surface area contributed by atoms with Gasteiger partial charge in [0.15, 0.2) is 0 Å². The molecule has 1 aliphatic heterocycles. The van der Waals surface area contributed by atoms with Crippen LogP contribution in [0.15, 0.2) is 24.3 Å². The molecule has 3 rings (SSSR count). The minimum absolute atomic E-state index is 0.138. The Morgan fingerprint density at radius 2 is 2.00 bits per heavy atom. The van der Waals surface area contributed by atoms with Crippen LogP contribution in [-0.2, 0) is 16.6 Å². The fraction of sp³-hybridized carbons (Fsp3) is 0.476. The zero-order valence-corrected chi connectivity index (χ0v) is 17.5. The molecule has 8 heteroatoms. The molecule has 156 valence electrons. The van der Waals surface area contributed by atoms with E-state index in [1.165, 1.54) is 4.90 Å². The van der Waals surface area contributed by atoms with Crippen LogP contribution in [0.5, 0.6) is 0 Å². The lowest BCUT2D eigenvalue weighted by molar-refractivity contribution is -0.310. The van der Waals surface area contributed by atoms with E-state index < -0.39 is 18.1 Å². The van der Waals surface area contributed by atoms with Gasteiger partial charge in [-0.15, -0.1) is 0 Å². The second kappa shape index (κ2) is 8.45. The van der Waals surface area contributed by atoms with Gasteiger partial charge in [0.2, 0.25) is 5.91 Å². The van der Waals surface area contributed by atoms with E-state index in [9.17, 15) is 19.5 Å². The molecular formula is C21H25ClN3O4-. The van der Waals surface area contributed by atoms with Gasteiger partial charge in [0, 0.05) is 29.5 Å². The Morgan fingerprint density at radius 1 is 1.28 bits per heavy atom. The van der Waals surface area contributed by atoms with Crippen molar-refractivity contribution in [1.82, 2.24) is 14.8 Å². The summed E-state index contributed by atoms with van der Waals surface area (Å²) in [5, 5.41) is 15.6. The third-order valence-corrected chi connectivity index (χ3v) is 5.59. The molecule has 0 saturated carbocycles. The van der Waals surface area contributed by atoms with Gasteiger partial charge in [0.25, 0.3) is 5.91 Å². The van der Waals surface area contributed by atoms with Crippen LogP contribution in [0.2, 0.25) is 5.02 Å². The number of hydrogen-bond donors (Lipinski definition) is 1. The van der Waals surface area contributed by atoms with Gasteiger partial charge < -0.3 is 24.7 Å². The quantitative estimate of drug-likeness (QED) is 0.772. The summed E-state index contributed by atoms with van der Waals surface area (Å²) in [6.07, 6.45) is 1.40. The van der Waals surface area contributed by atoms with Crippen LogP contribution >= 0.6 is 11.6 Å². The maximum Gasteiger partial charge on any atom is 0.268 e. The molecule has 0 spiro atoms. The Bertz CT molecular complexity index is 953. The van der Waals surface area contributed by atoms with E-state index in [4.69, 9.17) is 11.6 Å². The molecule has 1 fully saturated rings. The first-order valence-corrected chi connectivity index (χ1v) is 10.1. The van der Waals surface area contributed by atoms with Crippen molar-refractivity contribution >= 4 is 40.3 Å². The van der Waals surface area contributed by atoms with Crippen molar-refractivity contribution in [2.24, 2.45) is 13.0 Å². The van der Waals surface area contributed by atoms with Crippen LogP contribution in [0.3, 0.4) is 0 Å². The maximum atomic E-state index is 13.1. The van der Waals surface area contributed by atoms with E-state index >= 15 is 0 Å². The topological polar surface area (TPSA) is 94.5 Å². The Labute approximate surface area is 174 Å². The van der Waals surface area contributed by atoms with Crippen molar-refractivity contribution in [2.75, 3.05) is 6.54 Å². The van der Waals surface area contributed by atoms with E-state index in [1.807, 2.05) is 19.9 Å². The first-order chi connectivity index (χ1) is 13.7. The van der Waals surface area contributed by atoms with Crippen LogP contribution < -0.4 is 10.4 Å². The Kier molecular flexibility index (Phi) is 6.17. The van der Waals surface area contributed by atoms with Crippen LogP contribution in [0.25, 0.3) is 10.9 Å². The lowest BCUT2D eigenvalue weighted by Gasteiger charge is -2.30. The van der Waals surface area contributed by atoms with E-state index in [-0.39, 0.29) is 17.7 Å². The number of amides is 2. The van der Waals surface area contributed by atoms with Crippen molar-refractivity contribution in [3.63, 3.8) is 0 Å². The molecule has 0 bridgehead atoms. The van der Waals surface area contributed by atoms with Gasteiger partial charge in [-0.3, -0.25) is 9.59 Å². The first kappa shape index (κ1) is 21.2. The Morgan fingerprint density at radius 3 is 2.66 bits per heavy atom. The largest absolute Gasteiger partial charge is 0.548 e. The van der Waals surface area contributed by atoms with Crippen LogP contribution in [0.4, 0.5) is 0 Å². The van der Waals surface area contributed by atoms with Crippen molar-refractivity contribution in [3.8, 4) is 0 Å². The van der Waals surface area contributed by atoms with Crippen LogP contribution in [0.1, 0.15) is 43.6 Å². The number of likely N-dealkylation sites (tertiary alicyclic amines) is 1. The average molecular weight is 419 g/mol. The summed E-state index contributed by atoms with van der Waals surface area (Å²) >= 11 is 6.04. The number of carboxylic acids is 1. The van der Waals surface area contributed by atoms with Gasteiger partial charge in [-0.05, 0) is 49.4 Å². The van der Waals surface area contributed by atoms with Gasteiger partial charge in [-0.25, -0.2) is 0 Å². The standard InChI is InChI=1S/C21H26ClN3O4/c1-12(2)9-15(20(27)25-8-4-5-17(25)21(28)29)23-19(26)18-11-13-10-14(22)6-7-16(13)24(18)3/h6-7,10-12,15,17H,4-5,8-9H2,1-3H3,(H,23,26)(H,28,29)/p-1/t15-,17-/m0/s1. The van der Waals surface area contributed by atoms with Crippen LogP contribution in [0, 0.1) is 5.92 Å². The summed E-state index contributed by atoms with van der Waals surface area (Å²) in [5.41, 5.74) is 1.25. The van der Waals surface area contributed by atoms with E-state index in [0.717, 1.165) is 10.9 Å². The number of nitrogens with zero attached hydrogens (tertiary/aromatic N) is 2. The Hall–Kier alpha value is -2.54. The molecule has 7 nitrogen and oxygen atoms in total. The van der Waals surface area contributed by atoms with Gasteiger partial charge in [-0.2, -0.15) is 0 Å². The minimum Gasteiger partial charge on any atom is -0.548 e. The molecule has 2 heterocycles. The molecule has 2 aromatic rings. The highest BCUT2D eigenvalue weighted by Crippen LogP contribution is 2.24. The molecule has 0 radical (unpaired) electrons. The maximum absolute atomic E-state index is 13.1. The number of rotatable bonds is 6. The summed E-state index contributed by atoms with van der Waals surface area (Å²) in [5.74, 6) is -1.88. The van der Waals surface area contributed by atoms with Gasteiger partial charge in [0.1, 0.15) is 11.7 Å². The van der Waals surface area contributed by atoms with Gasteiger partial charge in [-0.1, -0.05) is 25.4 Å². The van der Waals surface area contributed by atoms with Crippen molar-refractivity contribution in [3.05, 3.63) is 35.0 Å². The highest BCUT2D eigenvalue weighted by Gasteiger charge is 2.35. The highest BCUT2D eigenvalue weighted by molar-refractivity contribution is 6.31. The summed E-state index contributed by atoms with van der Waals surface area (Å²) in [6, 6.07) is 5.36. The highest BCUT2D eigenvalue weighted by atomic mass is 35.5. The number of carbonyl (C=O) groups is 3. The number of nitrogens with one attached hydrogen (secondary N) is 1. The number of aromatic nitrogens is 1. The zero-order valence-electron chi connectivity index (χ0n) is 16.8. The third-order valence-electron chi connectivity index (χ3n) is 5.36. The first-order valence-electron chi connectivity index (χ1n) is 9.76. The summed E-state index contributed by atoms with van der Waals surface area (Å²) < 4.78 is 1.75. The minimum atomic E-state index is -1.25. The summed E-state index contributed by atoms with van der Waals surface area (Å²) in [4.78, 5) is 38.7. The van der Waals surface area contributed by atoms with E-state index in [0.29, 0.717) is 36.5 Å².